The van der Waals surface area contributed by atoms with Crippen molar-refractivity contribution in [2.24, 2.45) is 5.92 Å². The molecule has 2 rings (SSSR count). The SMILES string of the molecule is CC1CCCN(S(=O)(=O)Nc2ccc(C#N)cc2Cl)C1. The summed E-state index contributed by atoms with van der Waals surface area (Å²) >= 11 is 5.99. The van der Waals surface area contributed by atoms with Crippen LogP contribution in [0.3, 0.4) is 0 Å². The molecule has 0 bridgehead atoms. The highest BCUT2D eigenvalue weighted by Gasteiger charge is 2.27. The minimum absolute atomic E-state index is 0.220. The summed E-state index contributed by atoms with van der Waals surface area (Å²) < 4.78 is 28.5. The van der Waals surface area contributed by atoms with Crippen molar-refractivity contribution in [3.63, 3.8) is 0 Å². The molecule has 108 valence electrons. The van der Waals surface area contributed by atoms with Gasteiger partial charge in [-0.15, -0.1) is 0 Å². The van der Waals surface area contributed by atoms with Gasteiger partial charge in [-0.2, -0.15) is 18.0 Å². The van der Waals surface area contributed by atoms with Crippen molar-refractivity contribution in [3.8, 4) is 6.07 Å². The predicted molar refractivity (Wildman–Crippen MR) is 78.7 cm³/mol. The lowest BCUT2D eigenvalue weighted by Gasteiger charge is -2.30. The lowest BCUT2D eigenvalue weighted by Crippen LogP contribution is -2.42. The summed E-state index contributed by atoms with van der Waals surface area (Å²) in [6.07, 6.45) is 1.91. The van der Waals surface area contributed by atoms with E-state index in [1.54, 1.807) is 0 Å². The maximum Gasteiger partial charge on any atom is 0.301 e. The Hall–Kier alpha value is -1.29. The monoisotopic (exact) mass is 313 g/mol. The molecule has 0 saturated carbocycles. The molecule has 1 aromatic rings. The van der Waals surface area contributed by atoms with E-state index in [4.69, 9.17) is 16.9 Å². The molecule has 1 saturated heterocycles. The third-order valence-electron chi connectivity index (χ3n) is 3.30. The number of hydrogen-bond acceptors (Lipinski definition) is 3. The zero-order valence-electron chi connectivity index (χ0n) is 11.1. The molecule has 7 heteroatoms. The Bertz CT molecular complexity index is 640. The first-order valence-corrected chi connectivity index (χ1v) is 8.21. The molecule has 1 aliphatic heterocycles. The number of benzene rings is 1. The molecule has 1 N–H and O–H groups in total. The molecule has 1 fully saturated rings. The summed E-state index contributed by atoms with van der Waals surface area (Å²) in [7, 11) is -3.60. The second kappa shape index (κ2) is 6.00. The molecule has 0 aromatic heterocycles. The number of nitriles is 1. The first-order valence-electron chi connectivity index (χ1n) is 6.40. The largest absolute Gasteiger partial charge is 0.301 e. The zero-order chi connectivity index (χ0) is 14.8. The molecule has 0 radical (unpaired) electrons. The van der Waals surface area contributed by atoms with Crippen molar-refractivity contribution < 1.29 is 8.42 Å². The molecule has 0 amide bonds. The maximum atomic E-state index is 12.3. The van der Waals surface area contributed by atoms with E-state index in [2.05, 4.69) is 4.72 Å². The molecular weight excluding hydrogens is 298 g/mol. The van der Waals surface area contributed by atoms with Crippen LogP contribution in [-0.2, 0) is 10.2 Å². The summed E-state index contributed by atoms with van der Waals surface area (Å²) in [5.41, 5.74) is 0.688. The van der Waals surface area contributed by atoms with E-state index >= 15 is 0 Å². The van der Waals surface area contributed by atoms with Crippen LogP contribution in [-0.4, -0.2) is 25.8 Å². The number of hydrogen-bond donors (Lipinski definition) is 1. The van der Waals surface area contributed by atoms with Gasteiger partial charge in [-0.3, -0.25) is 4.72 Å². The standard InChI is InChI=1S/C13H16ClN3O2S/c1-10-3-2-6-17(9-10)20(18,19)16-13-5-4-11(8-15)7-12(13)14/h4-5,7,10,16H,2-3,6,9H2,1H3. The predicted octanol–water partition coefficient (Wildman–Crippen LogP) is 2.60. The van der Waals surface area contributed by atoms with Crippen molar-refractivity contribution in [2.75, 3.05) is 17.8 Å². The Morgan fingerprint density at radius 3 is 2.85 bits per heavy atom. The summed E-state index contributed by atoms with van der Waals surface area (Å²) in [5, 5.41) is 8.98. The third-order valence-corrected chi connectivity index (χ3v) is 5.10. The molecule has 1 aromatic carbocycles. The Labute approximate surface area is 124 Å². The van der Waals surface area contributed by atoms with E-state index < -0.39 is 10.2 Å². The number of anilines is 1. The molecular formula is C13H16ClN3O2S. The topological polar surface area (TPSA) is 73.2 Å². The Morgan fingerprint density at radius 1 is 1.50 bits per heavy atom. The lowest BCUT2D eigenvalue weighted by molar-refractivity contribution is 0.282. The van der Waals surface area contributed by atoms with Crippen LogP contribution in [0, 0.1) is 17.2 Å². The van der Waals surface area contributed by atoms with Crippen molar-refractivity contribution >= 4 is 27.5 Å². The third kappa shape index (κ3) is 3.42. The van der Waals surface area contributed by atoms with Gasteiger partial charge in [-0.05, 0) is 37.0 Å². The average Bonchev–Trinajstić information content (AvgIpc) is 2.41. The fourth-order valence-corrected chi connectivity index (χ4v) is 3.92. The van der Waals surface area contributed by atoms with Crippen LogP contribution in [0.4, 0.5) is 5.69 Å². The van der Waals surface area contributed by atoms with Crippen LogP contribution in [0.5, 0.6) is 0 Å². The highest BCUT2D eigenvalue weighted by molar-refractivity contribution is 7.90. The second-order valence-electron chi connectivity index (χ2n) is 5.02. The van der Waals surface area contributed by atoms with Gasteiger partial charge in [0.05, 0.1) is 22.3 Å². The van der Waals surface area contributed by atoms with Crippen molar-refractivity contribution in [1.29, 1.82) is 5.26 Å². The summed E-state index contributed by atoms with van der Waals surface area (Å²) in [6, 6.07) is 6.43. The summed E-state index contributed by atoms with van der Waals surface area (Å²) in [6.45, 7) is 3.08. The van der Waals surface area contributed by atoms with Crippen LogP contribution in [0.1, 0.15) is 25.3 Å². The minimum atomic E-state index is -3.60. The van der Waals surface area contributed by atoms with Crippen LogP contribution in [0.25, 0.3) is 0 Å². The number of nitrogens with one attached hydrogen (secondary N) is 1. The molecule has 5 nitrogen and oxygen atoms in total. The fraction of sp³-hybridized carbons (Fsp3) is 0.462. The molecule has 1 atom stereocenters. The first kappa shape index (κ1) is 15.1. The van der Waals surface area contributed by atoms with E-state index in [0.29, 0.717) is 30.3 Å². The molecule has 20 heavy (non-hydrogen) atoms. The van der Waals surface area contributed by atoms with Crippen LogP contribution >= 0.6 is 11.6 Å². The first-order chi connectivity index (χ1) is 9.42. The van der Waals surface area contributed by atoms with Gasteiger partial charge in [0.2, 0.25) is 0 Å². The Balaban J connectivity index is 2.18. The van der Waals surface area contributed by atoms with Crippen LogP contribution in [0.15, 0.2) is 18.2 Å². The quantitative estimate of drug-likeness (QED) is 0.932. The number of rotatable bonds is 3. The number of piperidine rings is 1. The zero-order valence-corrected chi connectivity index (χ0v) is 12.7. The summed E-state index contributed by atoms with van der Waals surface area (Å²) in [4.78, 5) is 0. The van der Waals surface area contributed by atoms with Gasteiger partial charge in [0, 0.05) is 13.1 Å². The van der Waals surface area contributed by atoms with Gasteiger partial charge >= 0.3 is 10.2 Å². The average molecular weight is 314 g/mol. The van der Waals surface area contributed by atoms with Gasteiger partial charge < -0.3 is 0 Å². The molecule has 1 heterocycles. The number of halogens is 1. The normalized spacial score (nSPS) is 20.4. The molecule has 1 aliphatic rings. The van der Waals surface area contributed by atoms with E-state index in [-0.39, 0.29) is 5.02 Å². The smallest absolute Gasteiger partial charge is 0.269 e. The highest BCUT2D eigenvalue weighted by Crippen LogP contribution is 2.26. The van der Waals surface area contributed by atoms with E-state index in [1.807, 2.05) is 13.0 Å². The molecule has 0 spiro atoms. The molecule has 0 aliphatic carbocycles. The maximum absolute atomic E-state index is 12.3. The van der Waals surface area contributed by atoms with Crippen LogP contribution < -0.4 is 4.72 Å². The molecule has 1 unspecified atom stereocenters. The number of nitrogens with zero attached hydrogens (tertiary/aromatic N) is 2. The lowest BCUT2D eigenvalue weighted by atomic mass is 10.0. The highest BCUT2D eigenvalue weighted by atomic mass is 35.5. The van der Waals surface area contributed by atoms with Gasteiger partial charge in [-0.25, -0.2) is 0 Å². The van der Waals surface area contributed by atoms with Crippen LogP contribution in [0.2, 0.25) is 5.02 Å². The Kier molecular flexibility index (Phi) is 4.53. The minimum Gasteiger partial charge on any atom is -0.269 e. The second-order valence-corrected chi connectivity index (χ2v) is 7.10. The van der Waals surface area contributed by atoms with E-state index in [9.17, 15) is 8.42 Å². The van der Waals surface area contributed by atoms with Gasteiger partial charge in [0.1, 0.15) is 0 Å². The van der Waals surface area contributed by atoms with Crippen molar-refractivity contribution in [2.45, 2.75) is 19.8 Å². The van der Waals surface area contributed by atoms with Gasteiger partial charge in [-0.1, -0.05) is 18.5 Å². The van der Waals surface area contributed by atoms with Crippen molar-refractivity contribution in [1.82, 2.24) is 4.31 Å². The van der Waals surface area contributed by atoms with Gasteiger partial charge in [0.15, 0.2) is 0 Å². The summed E-state index contributed by atoms with van der Waals surface area (Å²) in [5.74, 6) is 0.358. The van der Waals surface area contributed by atoms with E-state index in [0.717, 1.165) is 12.8 Å². The van der Waals surface area contributed by atoms with E-state index in [1.165, 1.54) is 22.5 Å². The fourth-order valence-electron chi connectivity index (χ4n) is 2.24. The van der Waals surface area contributed by atoms with Gasteiger partial charge in [0.25, 0.3) is 0 Å². The Morgan fingerprint density at radius 2 is 2.25 bits per heavy atom. The van der Waals surface area contributed by atoms with Crippen molar-refractivity contribution in [3.05, 3.63) is 28.8 Å².